The van der Waals surface area contributed by atoms with Crippen LogP contribution in [0.2, 0.25) is 0 Å². The SMILES string of the molecule is c1ccc(C(c2ccc(OCC3CO3)cc2)(c2ccc(OCC3CO3)cc2)c2ccc3ccccc3c2)cc1. The molecule has 0 aliphatic carbocycles. The van der Waals surface area contributed by atoms with Crippen molar-refractivity contribution in [1.29, 1.82) is 0 Å². The van der Waals surface area contributed by atoms with Crippen LogP contribution in [0.15, 0.2) is 121 Å². The smallest absolute Gasteiger partial charge is 0.119 e. The minimum Gasteiger partial charge on any atom is -0.491 e. The summed E-state index contributed by atoms with van der Waals surface area (Å²) in [5.41, 5.74) is 4.17. The molecule has 2 saturated heterocycles. The van der Waals surface area contributed by atoms with Crippen molar-refractivity contribution in [3.05, 3.63) is 144 Å². The van der Waals surface area contributed by atoms with Gasteiger partial charge in [-0.1, -0.05) is 91.0 Å². The van der Waals surface area contributed by atoms with E-state index in [1.54, 1.807) is 0 Å². The maximum absolute atomic E-state index is 5.99. The van der Waals surface area contributed by atoms with Crippen LogP contribution >= 0.6 is 0 Å². The zero-order valence-corrected chi connectivity index (χ0v) is 21.7. The molecule has 5 aromatic rings. The Morgan fingerprint density at radius 3 is 1.51 bits per heavy atom. The van der Waals surface area contributed by atoms with Crippen LogP contribution in [0.5, 0.6) is 11.5 Å². The molecular formula is C35H30O4. The van der Waals surface area contributed by atoms with E-state index in [0.29, 0.717) is 13.2 Å². The molecule has 39 heavy (non-hydrogen) atoms. The summed E-state index contributed by atoms with van der Waals surface area (Å²) in [4.78, 5) is 0. The number of benzene rings is 5. The monoisotopic (exact) mass is 514 g/mol. The van der Waals surface area contributed by atoms with Gasteiger partial charge in [-0.25, -0.2) is 0 Å². The lowest BCUT2D eigenvalue weighted by Gasteiger charge is -2.37. The first kappa shape index (κ1) is 24.0. The third-order valence-electron chi connectivity index (χ3n) is 7.64. The molecule has 0 aromatic heterocycles. The first-order chi connectivity index (χ1) is 19.3. The second-order valence-corrected chi connectivity index (χ2v) is 10.3. The van der Waals surface area contributed by atoms with Crippen LogP contribution < -0.4 is 9.47 Å². The number of rotatable bonds is 10. The van der Waals surface area contributed by atoms with Gasteiger partial charge in [0.25, 0.3) is 0 Å². The fraction of sp³-hybridized carbons (Fsp3) is 0.200. The predicted octanol–water partition coefficient (Wildman–Crippen LogP) is 6.78. The largest absolute Gasteiger partial charge is 0.491 e. The minimum absolute atomic E-state index is 0.220. The number of hydrogen-bond donors (Lipinski definition) is 0. The molecule has 4 heteroatoms. The van der Waals surface area contributed by atoms with Crippen molar-refractivity contribution in [2.75, 3.05) is 26.4 Å². The molecule has 0 saturated carbocycles. The Kier molecular flexibility index (Phi) is 6.28. The normalized spacial score (nSPS) is 19.3. The fourth-order valence-corrected chi connectivity index (χ4v) is 5.42. The lowest BCUT2D eigenvalue weighted by Crippen LogP contribution is -2.31. The zero-order chi connectivity index (χ0) is 26.1. The molecule has 0 N–H and O–H groups in total. The molecule has 7 rings (SSSR count). The Morgan fingerprint density at radius 2 is 0.974 bits per heavy atom. The molecular weight excluding hydrogens is 484 g/mol. The highest BCUT2D eigenvalue weighted by molar-refractivity contribution is 5.84. The zero-order valence-electron chi connectivity index (χ0n) is 21.7. The van der Waals surface area contributed by atoms with E-state index >= 15 is 0 Å². The van der Waals surface area contributed by atoms with Gasteiger partial charge in [0.2, 0.25) is 0 Å². The van der Waals surface area contributed by atoms with Gasteiger partial charge in [-0.2, -0.15) is 0 Å². The van der Waals surface area contributed by atoms with Gasteiger partial charge in [-0.05, 0) is 63.4 Å². The minimum atomic E-state index is -0.554. The number of epoxide rings is 2. The average molecular weight is 515 g/mol. The van der Waals surface area contributed by atoms with E-state index in [2.05, 4.69) is 121 Å². The molecule has 2 unspecified atom stereocenters. The van der Waals surface area contributed by atoms with E-state index in [1.807, 2.05) is 0 Å². The van der Waals surface area contributed by atoms with Gasteiger partial charge in [0.05, 0.1) is 18.6 Å². The van der Waals surface area contributed by atoms with Gasteiger partial charge in [0.1, 0.15) is 36.9 Å². The predicted molar refractivity (Wildman–Crippen MR) is 153 cm³/mol. The maximum atomic E-state index is 5.99. The lowest BCUT2D eigenvalue weighted by atomic mass is 9.65. The first-order valence-electron chi connectivity index (χ1n) is 13.5. The molecule has 2 atom stereocenters. The van der Waals surface area contributed by atoms with Crippen molar-refractivity contribution in [3.63, 3.8) is 0 Å². The van der Waals surface area contributed by atoms with Gasteiger partial charge < -0.3 is 18.9 Å². The summed E-state index contributed by atoms with van der Waals surface area (Å²) in [6.07, 6.45) is 0.441. The van der Waals surface area contributed by atoms with Gasteiger partial charge in [-0.15, -0.1) is 0 Å². The molecule has 4 nitrogen and oxygen atoms in total. The Balaban J connectivity index is 1.39. The highest BCUT2D eigenvalue weighted by Crippen LogP contribution is 2.46. The van der Waals surface area contributed by atoms with E-state index in [0.717, 1.165) is 24.7 Å². The van der Waals surface area contributed by atoms with E-state index in [9.17, 15) is 0 Å². The van der Waals surface area contributed by atoms with E-state index in [4.69, 9.17) is 18.9 Å². The second-order valence-electron chi connectivity index (χ2n) is 10.3. The molecule has 2 fully saturated rings. The molecule has 194 valence electrons. The van der Waals surface area contributed by atoms with Gasteiger partial charge in [0, 0.05) is 0 Å². The van der Waals surface area contributed by atoms with E-state index < -0.39 is 5.41 Å². The van der Waals surface area contributed by atoms with Crippen molar-refractivity contribution in [3.8, 4) is 11.5 Å². The molecule has 2 heterocycles. The number of fused-ring (bicyclic) bond motifs is 1. The molecule has 2 aliphatic rings. The van der Waals surface area contributed by atoms with Crippen molar-refractivity contribution in [2.24, 2.45) is 0 Å². The van der Waals surface area contributed by atoms with Crippen LogP contribution in [0.3, 0.4) is 0 Å². The van der Waals surface area contributed by atoms with Gasteiger partial charge in [0.15, 0.2) is 0 Å². The van der Waals surface area contributed by atoms with Crippen LogP contribution in [0.25, 0.3) is 10.8 Å². The summed E-state index contributed by atoms with van der Waals surface area (Å²) in [5, 5.41) is 2.43. The van der Waals surface area contributed by atoms with Crippen molar-refractivity contribution in [2.45, 2.75) is 17.6 Å². The first-order valence-corrected chi connectivity index (χ1v) is 13.5. The molecule has 5 aromatic carbocycles. The third-order valence-corrected chi connectivity index (χ3v) is 7.64. The molecule has 0 amide bonds. The highest BCUT2D eigenvalue weighted by Gasteiger charge is 2.38. The molecule has 0 radical (unpaired) electrons. The summed E-state index contributed by atoms with van der Waals surface area (Å²) < 4.78 is 22.6. The lowest BCUT2D eigenvalue weighted by molar-refractivity contribution is 0.263. The molecule has 0 spiro atoms. The fourth-order valence-electron chi connectivity index (χ4n) is 5.42. The van der Waals surface area contributed by atoms with E-state index in [-0.39, 0.29) is 12.2 Å². The quantitative estimate of drug-likeness (QED) is 0.152. The molecule has 0 bridgehead atoms. The van der Waals surface area contributed by atoms with Crippen molar-refractivity contribution < 1.29 is 18.9 Å². The second kappa shape index (κ2) is 10.2. The van der Waals surface area contributed by atoms with Gasteiger partial charge in [-0.3, -0.25) is 0 Å². The van der Waals surface area contributed by atoms with Crippen molar-refractivity contribution >= 4 is 10.8 Å². The summed E-state index contributed by atoms with van der Waals surface area (Å²) >= 11 is 0. The van der Waals surface area contributed by atoms with Crippen LogP contribution in [0.1, 0.15) is 22.3 Å². The van der Waals surface area contributed by atoms with Crippen LogP contribution in [0.4, 0.5) is 0 Å². The standard InChI is InChI=1S/C35H30O4/c1-2-8-27(9-3-1)35(30-11-10-25-6-4-5-7-26(25)20-30,28-12-16-31(17-13-28)36-21-33-23-38-33)29-14-18-32(19-15-29)37-22-34-24-39-34/h1-20,33-34H,21-24H2. The van der Waals surface area contributed by atoms with Crippen molar-refractivity contribution in [1.82, 2.24) is 0 Å². The number of ether oxygens (including phenoxy) is 4. The molecule has 2 aliphatic heterocycles. The topological polar surface area (TPSA) is 43.5 Å². The van der Waals surface area contributed by atoms with Crippen LogP contribution in [0, 0.1) is 0 Å². The van der Waals surface area contributed by atoms with Gasteiger partial charge >= 0.3 is 0 Å². The van der Waals surface area contributed by atoms with E-state index in [1.165, 1.54) is 33.0 Å². The Hall–Kier alpha value is -4.12. The third kappa shape index (κ3) is 4.89. The summed E-state index contributed by atoms with van der Waals surface area (Å²) in [5.74, 6) is 1.70. The summed E-state index contributed by atoms with van der Waals surface area (Å²) in [7, 11) is 0. The Morgan fingerprint density at radius 1 is 0.513 bits per heavy atom. The van der Waals surface area contributed by atoms with Crippen LogP contribution in [-0.2, 0) is 14.9 Å². The summed E-state index contributed by atoms with van der Waals surface area (Å²) in [6, 6.07) is 43.2. The maximum Gasteiger partial charge on any atom is 0.119 e. The van der Waals surface area contributed by atoms with Crippen LogP contribution in [-0.4, -0.2) is 38.6 Å². The Bertz CT molecular complexity index is 1490. The average Bonchev–Trinajstić information content (AvgIpc) is 3.93. The highest BCUT2D eigenvalue weighted by atomic mass is 16.6. The Labute approximate surface area is 228 Å². The number of hydrogen-bond acceptors (Lipinski definition) is 4. The summed E-state index contributed by atoms with van der Waals surface area (Å²) in [6.45, 7) is 2.73.